The van der Waals surface area contributed by atoms with Crippen molar-refractivity contribution in [3.8, 4) is 0 Å². The van der Waals surface area contributed by atoms with Gasteiger partial charge in [0, 0.05) is 31.1 Å². The summed E-state index contributed by atoms with van der Waals surface area (Å²) in [6.45, 7) is 5.61. The summed E-state index contributed by atoms with van der Waals surface area (Å²) < 4.78 is 11.7. The maximum absolute atomic E-state index is 6.06. The molecule has 1 fully saturated rings. The summed E-state index contributed by atoms with van der Waals surface area (Å²) in [5.41, 5.74) is 0. The Balaban J connectivity index is 1.60. The van der Waals surface area contributed by atoms with Gasteiger partial charge in [-0.15, -0.1) is 11.3 Å². The Labute approximate surface area is 133 Å². The maximum Gasteiger partial charge on any atom is 0.126 e. The van der Waals surface area contributed by atoms with Gasteiger partial charge in [-0.25, -0.2) is 0 Å². The minimum absolute atomic E-state index is 0.0681. The van der Waals surface area contributed by atoms with Crippen LogP contribution in [0.15, 0.2) is 34.9 Å². The molecule has 1 unspecified atom stereocenters. The first-order valence-electron chi connectivity index (χ1n) is 7.15. The predicted octanol–water partition coefficient (Wildman–Crippen LogP) is 3.01. The number of rotatable bonds is 6. The van der Waals surface area contributed by atoms with E-state index in [1.54, 1.807) is 17.6 Å². The largest absolute Gasteiger partial charge is 0.467 e. The first kappa shape index (κ1) is 15.1. The van der Waals surface area contributed by atoms with Crippen molar-refractivity contribution < 1.29 is 9.15 Å². The molecule has 6 heteroatoms. The summed E-state index contributed by atoms with van der Waals surface area (Å²) in [6, 6.07) is 7.98. The molecule has 1 N–H and O–H groups in total. The van der Waals surface area contributed by atoms with Crippen molar-refractivity contribution in [1.29, 1.82) is 0 Å². The summed E-state index contributed by atoms with van der Waals surface area (Å²) >= 11 is 7.65. The van der Waals surface area contributed by atoms with E-state index in [0.717, 1.165) is 49.5 Å². The van der Waals surface area contributed by atoms with Crippen LogP contribution in [0, 0.1) is 0 Å². The van der Waals surface area contributed by atoms with E-state index in [-0.39, 0.29) is 6.04 Å². The van der Waals surface area contributed by atoms with Crippen molar-refractivity contribution in [3.05, 3.63) is 45.5 Å². The number of nitrogens with one attached hydrogen (secondary N) is 1. The van der Waals surface area contributed by atoms with Crippen LogP contribution in [-0.2, 0) is 4.74 Å². The highest BCUT2D eigenvalue weighted by atomic mass is 35.5. The standard InChI is InChI=1S/C15H19ClN2O2S/c16-14-4-3-13(21-14)15(12-2-1-9-20-12)17-5-6-18-7-10-19-11-8-18/h1-4,9,15,17H,5-8,10-11H2. The summed E-state index contributed by atoms with van der Waals surface area (Å²) in [4.78, 5) is 3.59. The average Bonchev–Trinajstić information content (AvgIpc) is 3.16. The number of hydrogen-bond donors (Lipinski definition) is 1. The third-order valence-electron chi connectivity index (χ3n) is 3.59. The Morgan fingerprint density at radius 2 is 2.14 bits per heavy atom. The van der Waals surface area contributed by atoms with Crippen LogP contribution in [0.25, 0.3) is 0 Å². The molecule has 1 aliphatic rings. The Morgan fingerprint density at radius 1 is 1.29 bits per heavy atom. The lowest BCUT2D eigenvalue weighted by Crippen LogP contribution is -2.40. The van der Waals surface area contributed by atoms with Gasteiger partial charge in [0.15, 0.2) is 0 Å². The third-order valence-corrected chi connectivity index (χ3v) is 4.88. The second kappa shape index (κ2) is 7.42. The number of nitrogens with zero attached hydrogens (tertiary/aromatic N) is 1. The summed E-state index contributed by atoms with van der Waals surface area (Å²) in [5.74, 6) is 0.926. The molecule has 0 saturated carbocycles. The fraction of sp³-hybridized carbons (Fsp3) is 0.467. The Bertz CT molecular complexity index is 538. The Kier molecular flexibility index (Phi) is 5.32. The first-order chi connectivity index (χ1) is 10.3. The molecule has 2 aromatic heterocycles. The number of hydrogen-bond acceptors (Lipinski definition) is 5. The van der Waals surface area contributed by atoms with Crippen LogP contribution in [0.5, 0.6) is 0 Å². The van der Waals surface area contributed by atoms with Gasteiger partial charge < -0.3 is 14.5 Å². The second-order valence-corrected chi connectivity index (χ2v) is 6.75. The van der Waals surface area contributed by atoms with Crippen LogP contribution in [0.4, 0.5) is 0 Å². The molecule has 0 radical (unpaired) electrons. The molecule has 3 heterocycles. The van der Waals surface area contributed by atoms with Crippen LogP contribution >= 0.6 is 22.9 Å². The second-order valence-electron chi connectivity index (χ2n) is 5.00. The molecule has 0 aliphatic carbocycles. The fourth-order valence-electron chi connectivity index (χ4n) is 2.47. The van der Waals surface area contributed by atoms with Gasteiger partial charge in [-0.1, -0.05) is 11.6 Å². The van der Waals surface area contributed by atoms with Crippen molar-refractivity contribution in [2.45, 2.75) is 6.04 Å². The zero-order valence-corrected chi connectivity index (χ0v) is 13.3. The molecule has 0 bridgehead atoms. The van der Waals surface area contributed by atoms with Gasteiger partial charge in [-0.05, 0) is 24.3 Å². The van der Waals surface area contributed by atoms with Gasteiger partial charge in [-0.3, -0.25) is 4.90 Å². The summed E-state index contributed by atoms with van der Waals surface area (Å²) in [7, 11) is 0. The van der Waals surface area contributed by atoms with E-state index in [4.69, 9.17) is 20.8 Å². The number of furan rings is 1. The molecule has 1 saturated heterocycles. The van der Waals surface area contributed by atoms with E-state index in [9.17, 15) is 0 Å². The van der Waals surface area contributed by atoms with E-state index in [1.807, 2.05) is 18.2 Å². The van der Waals surface area contributed by atoms with E-state index in [0.29, 0.717) is 0 Å². The van der Waals surface area contributed by atoms with Crippen molar-refractivity contribution in [2.24, 2.45) is 0 Å². The van der Waals surface area contributed by atoms with Gasteiger partial charge in [0.1, 0.15) is 11.8 Å². The quantitative estimate of drug-likeness (QED) is 0.885. The Hall–Kier alpha value is -0.850. The van der Waals surface area contributed by atoms with Gasteiger partial charge in [0.25, 0.3) is 0 Å². The molecule has 1 aliphatic heterocycles. The van der Waals surface area contributed by atoms with E-state index < -0.39 is 0 Å². The highest BCUT2D eigenvalue weighted by Crippen LogP contribution is 2.31. The van der Waals surface area contributed by atoms with E-state index in [2.05, 4.69) is 16.3 Å². The number of thiophene rings is 1. The first-order valence-corrected chi connectivity index (χ1v) is 8.34. The maximum atomic E-state index is 6.06. The van der Waals surface area contributed by atoms with Crippen molar-refractivity contribution in [2.75, 3.05) is 39.4 Å². The Morgan fingerprint density at radius 3 is 2.81 bits per heavy atom. The van der Waals surface area contributed by atoms with Crippen LogP contribution in [0.2, 0.25) is 4.34 Å². The number of halogens is 1. The van der Waals surface area contributed by atoms with Crippen LogP contribution < -0.4 is 5.32 Å². The lowest BCUT2D eigenvalue weighted by molar-refractivity contribution is 0.0382. The van der Waals surface area contributed by atoms with E-state index >= 15 is 0 Å². The number of morpholine rings is 1. The lowest BCUT2D eigenvalue weighted by atomic mass is 10.2. The molecule has 3 rings (SSSR count). The van der Waals surface area contributed by atoms with Gasteiger partial charge in [-0.2, -0.15) is 0 Å². The molecule has 0 amide bonds. The molecule has 114 valence electrons. The molecule has 4 nitrogen and oxygen atoms in total. The molecular formula is C15H19ClN2O2S. The minimum atomic E-state index is 0.0681. The predicted molar refractivity (Wildman–Crippen MR) is 85.1 cm³/mol. The smallest absolute Gasteiger partial charge is 0.126 e. The minimum Gasteiger partial charge on any atom is -0.467 e. The molecule has 0 spiro atoms. The molecule has 1 atom stereocenters. The topological polar surface area (TPSA) is 37.6 Å². The fourth-order valence-corrected chi connectivity index (χ4v) is 3.62. The normalized spacial score (nSPS) is 18.0. The van der Waals surface area contributed by atoms with Crippen molar-refractivity contribution in [1.82, 2.24) is 10.2 Å². The van der Waals surface area contributed by atoms with Crippen molar-refractivity contribution in [3.63, 3.8) is 0 Å². The average molecular weight is 327 g/mol. The van der Waals surface area contributed by atoms with Crippen LogP contribution in [0.1, 0.15) is 16.7 Å². The van der Waals surface area contributed by atoms with Gasteiger partial charge >= 0.3 is 0 Å². The zero-order valence-electron chi connectivity index (χ0n) is 11.8. The monoisotopic (exact) mass is 326 g/mol. The van der Waals surface area contributed by atoms with Crippen LogP contribution in [-0.4, -0.2) is 44.3 Å². The summed E-state index contributed by atoms with van der Waals surface area (Å²) in [5, 5.41) is 3.57. The highest BCUT2D eigenvalue weighted by molar-refractivity contribution is 7.16. The zero-order chi connectivity index (χ0) is 14.5. The third kappa shape index (κ3) is 4.08. The highest BCUT2D eigenvalue weighted by Gasteiger charge is 2.19. The molecule has 0 aromatic carbocycles. The van der Waals surface area contributed by atoms with Crippen molar-refractivity contribution >= 4 is 22.9 Å². The lowest BCUT2D eigenvalue weighted by Gasteiger charge is -2.27. The molecule has 21 heavy (non-hydrogen) atoms. The summed E-state index contributed by atoms with van der Waals surface area (Å²) in [6.07, 6.45) is 1.71. The van der Waals surface area contributed by atoms with E-state index in [1.165, 1.54) is 4.88 Å². The number of ether oxygens (including phenoxy) is 1. The van der Waals surface area contributed by atoms with Crippen LogP contribution in [0.3, 0.4) is 0 Å². The van der Waals surface area contributed by atoms with Gasteiger partial charge in [0.2, 0.25) is 0 Å². The SMILES string of the molecule is Clc1ccc(C(NCCN2CCOCC2)c2ccco2)s1. The molecular weight excluding hydrogens is 308 g/mol. The molecule has 2 aromatic rings. The van der Waals surface area contributed by atoms with Gasteiger partial charge in [0.05, 0.1) is 23.8 Å².